The molecule has 0 aromatic rings. The number of hydroxylamine groups is 1. The SMILES string of the molecule is CC(C)(C)OC(=O)NN1C[C@@H](C(=O)NO[C@H]2CCCCO2)CC1=O. The standard InChI is InChI=1S/C15H25N3O6/c1-15(2,3)23-14(21)16-18-9-10(8-11(18)19)13(20)17-24-12-6-4-5-7-22-12/h10,12H,4-9H2,1-3H3,(H,16,21)(H,17,20)/t10-,12-/m0/s1. The summed E-state index contributed by atoms with van der Waals surface area (Å²) in [4.78, 5) is 40.9. The second-order valence-electron chi connectivity index (χ2n) is 6.90. The molecule has 0 unspecified atom stereocenters. The Kier molecular flexibility index (Phi) is 6.00. The summed E-state index contributed by atoms with van der Waals surface area (Å²) in [5, 5.41) is 1.09. The molecular weight excluding hydrogens is 318 g/mol. The number of carbonyl (C=O) groups is 3. The number of amides is 3. The largest absolute Gasteiger partial charge is 0.443 e. The van der Waals surface area contributed by atoms with Crippen LogP contribution in [0.1, 0.15) is 46.5 Å². The van der Waals surface area contributed by atoms with Gasteiger partial charge >= 0.3 is 6.09 Å². The highest BCUT2D eigenvalue weighted by Gasteiger charge is 2.36. The van der Waals surface area contributed by atoms with Crippen LogP contribution in [-0.4, -0.2) is 48.0 Å². The van der Waals surface area contributed by atoms with Crippen LogP contribution >= 0.6 is 0 Å². The lowest BCUT2D eigenvalue weighted by molar-refractivity contribution is -0.202. The molecule has 0 saturated carbocycles. The van der Waals surface area contributed by atoms with E-state index >= 15 is 0 Å². The van der Waals surface area contributed by atoms with Gasteiger partial charge in [0.25, 0.3) is 0 Å². The highest BCUT2D eigenvalue weighted by Crippen LogP contribution is 2.18. The van der Waals surface area contributed by atoms with Gasteiger partial charge in [-0.05, 0) is 33.6 Å². The maximum Gasteiger partial charge on any atom is 0.426 e. The molecule has 0 bridgehead atoms. The quantitative estimate of drug-likeness (QED) is 0.733. The summed E-state index contributed by atoms with van der Waals surface area (Å²) < 4.78 is 10.4. The van der Waals surface area contributed by atoms with E-state index in [0.29, 0.717) is 6.61 Å². The predicted molar refractivity (Wildman–Crippen MR) is 82.0 cm³/mol. The molecule has 2 fully saturated rings. The highest BCUT2D eigenvalue weighted by molar-refractivity contribution is 5.89. The first kappa shape index (κ1) is 18.5. The third-order valence-corrected chi connectivity index (χ3v) is 3.55. The molecule has 24 heavy (non-hydrogen) atoms. The summed E-state index contributed by atoms with van der Waals surface area (Å²) in [5.41, 5.74) is 4.02. The minimum absolute atomic E-state index is 0.00346. The molecule has 9 heteroatoms. The van der Waals surface area contributed by atoms with Crippen LogP contribution in [0, 0.1) is 5.92 Å². The van der Waals surface area contributed by atoms with Crippen molar-refractivity contribution in [3.8, 4) is 0 Å². The topological polar surface area (TPSA) is 106 Å². The van der Waals surface area contributed by atoms with Crippen LogP contribution in [0.5, 0.6) is 0 Å². The summed E-state index contributed by atoms with van der Waals surface area (Å²) in [6.07, 6.45) is 1.50. The first-order valence-corrected chi connectivity index (χ1v) is 8.12. The third kappa shape index (κ3) is 5.64. The Morgan fingerprint density at radius 3 is 2.67 bits per heavy atom. The van der Waals surface area contributed by atoms with Gasteiger partial charge in [-0.2, -0.15) is 0 Å². The summed E-state index contributed by atoms with van der Waals surface area (Å²) in [6.45, 7) is 5.84. The van der Waals surface area contributed by atoms with E-state index in [1.54, 1.807) is 20.8 Å². The number of hydrogen-bond acceptors (Lipinski definition) is 6. The third-order valence-electron chi connectivity index (χ3n) is 3.55. The first-order valence-electron chi connectivity index (χ1n) is 8.12. The van der Waals surface area contributed by atoms with Crippen LogP contribution in [0.3, 0.4) is 0 Å². The molecule has 0 aromatic heterocycles. The number of carbonyl (C=O) groups excluding carboxylic acids is 3. The Morgan fingerprint density at radius 2 is 2.04 bits per heavy atom. The Balaban J connectivity index is 1.76. The maximum absolute atomic E-state index is 12.1. The lowest BCUT2D eigenvalue weighted by atomic mass is 10.1. The van der Waals surface area contributed by atoms with Gasteiger partial charge in [0.15, 0.2) is 6.29 Å². The zero-order valence-corrected chi connectivity index (χ0v) is 14.3. The molecule has 0 aromatic carbocycles. The fourth-order valence-electron chi connectivity index (χ4n) is 2.41. The summed E-state index contributed by atoms with van der Waals surface area (Å²) in [5.74, 6) is -1.36. The molecule has 2 saturated heterocycles. The number of nitrogens with zero attached hydrogens (tertiary/aromatic N) is 1. The van der Waals surface area contributed by atoms with E-state index in [2.05, 4.69) is 10.9 Å². The summed E-state index contributed by atoms with van der Waals surface area (Å²) in [6, 6.07) is 0. The van der Waals surface area contributed by atoms with Gasteiger partial charge < -0.3 is 9.47 Å². The van der Waals surface area contributed by atoms with E-state index in [1.807, 2.05) is 0 Å². The van der Waals surface area contributed by atoms with E-state index in [-0.39, 0.29) is 18.9 Å². The van der Waals surface area contributed by atoms with E-state index in [0.717, 1.165) is 24.3 Å². The van der Waals surface area contributed by atoms with Gasteiger partial charge in [-0.25, -0.2) is 20.5 Å². The van der Waals surface area contributed by atoms with Crippen molar-refractivity contribution < 1.29 is 28.7 Å². The summed E-state index contributed by atoms with van der Waals surface area (Å²) in [7, 11) is 0. The molecule has 9 nitrogen and oxygen atoms in total. The minimum Gasteiger partial charge on any atom is -0.443 e. The van der Waals surface area contributed by atoms with Gasteiger partial charge in [0.05, 0.1) is 12.5 Å². The average molecular weight is 343 g/mol. The fourth-order valence-corrected chi connectivity index (χ4v) is 2.41. The molecule has 136 valence electrons. The molecule has 0 aliphatic carbocycles. The van der Waals surface area contributed by atoms with E-state index in [4.69, 9.17) is 14.3 Å². The van der Waals surface area contributed by atoms with Crippen molar-refractivity contribution in [1.29, 1.82) is 0 Å². The minimum atomic E-state index is -0.733. The molecule has 2 aliphatic heterocycles. The molecule has 2 N–H and O–H groups in total. The molecule has 2 aliphatic rings. The molecule has 0 spiro atoms. The maximum atomic E-state index is 12.1. The smallest absolute Gasteiger partial charge is 0.426 e. The van der Waals surface area contributed by atoms with Gasteiger partial charge in [-0.1, -0.05) is 0 Å². The number of hydrazine groups is 1. The van der Waals surface area contributed by atoms with Gasteiger partial charge in [-0.3, -0.25) is 14.6 Å². The molecule has 2 atom stereocenters. The predicted octanol–water partition coefficient (Wildman–Crippen LogP) is 0.849. The van der Waals surface area contributed by atoms with Gasteiger partial charge in [0.1, 0.15) is 5.60 Å². The van der Waals surface area contributed by atoms with E-state index < -0.39 is 29.8 Å². The number of nitrogens with one attached hydrogen (secondary N) is 2. The van der Waals surface area contributed by atoms with E-state index in [1.165, 1.54) is 0 Å². The van der Waals surface area contributed by atoms with Crippen LogP contribution in [0.2, 0.25) is 0 Å². The second kappa shape index (κ2) is 7.80. The molecular formula is C15H25N3O6. The molecule has 3 amide bonds. The Bertz CT molecular complexity index is 484. The molecule has 2 heterocycles. The Labute approximate surface area is 140 Å². The number of rotatable bonds is 4. The highest BCUT2D eigenvalue weighted by atomic mass is 16.8. The van der Waals surface area contributed by atoms with Crippen molar-refractivity contribution >= 4 is 17.9 Å². The van der Waals surface area contributed by atoms with Crippen LogP contribution in [0.15, 0.2) is 0 Å². The lowest BCUT2D eigenvalue weighted by Gasteiger charge is -2.24. The van der Waals surface area contributed by atoms with Gasteiger partial charge in [0.2, 0.25) is 11.8 Å². The van der Waals surface area contributed by atoms with Crippen LogP contribution in [-0.2, 0) is 23.9 Å². The van der Waals surface area contributed by atoms with Crippen molar-refractivity contribution in [3.05, 3.63) is 0 Å². The average Bonchev–Trinajstić information content (AvgIpc) is 2.85. The van der Waals surface area contributed by atoms with Gasteiger partial charge in [-0.15, -0.1) is 0 Å². The molecule has 0 radical (unpaired) electrons. The number of hydrogen-bond donors (Lipinski definition) is 2. The van der Waals surface area contributed by atoms with Crippen LogP contribution < -0.4 is 10.9 Å². The zero-order valence-electron chi connectivity index (χ0n) is 14.3. The normalized spacial score (nSPS) is 24.6. The Hall–Kier alpha value is -1.87. The monoisotopic (exact) mass is 343 g/mol. The van der Waals surface area contributed by atoms with Crippen molar-refractivity contribution in [2.45, 2.75) is 58.3 Å². The van der Waals surface area contributed by atoms with E-state index in [9.17, 15) is 14.4 Å². The van der Waals surface area contributed by atoms with Gasteiger partial charge in [0, 0.05) is 19.4 Å². The first-order chi connectivity index (χ1) is 11.2. The van der Waals surface area contributed by atoms with Crippen molar-refractivity contribution in [3.63, 3.8) is 0 Å². The van der Waals surface area contributed by atoms with Crippen molar-refractivity contribution in [1.82, 2.24) is 15.9 Å². The molecule has 2 rings (SSSR count). The number of ether oxygens (including phenoxy) is 2. The Morgan fingerprint density at radius 1 is 1.29 bits per heavy atom. The zero-order chi connectivity index (χ0) is 17.7. The van der Waals surface area contributed by atoms with Crippen molar-refractivity contribution in [2.24, 2.45) is 5.92 Å². The fraction of sp³-hybridized carbons (Fsp3) is 0.800. The van der Waals surface area contributed by atoms with Crippen LogP contribution in [0.25, 0.3) is 0 Å². The van der Waals surface area contributed by atoms with Crippen LogP contribution in [0.4, 0.5) is 4.79 Å². The van der Waals surface area contributed by atoms with Crippen molar-refractivity contribution in [2.75, 3.05) is 13.2 Å². The lowest BCUT2D eigenvalue weighted by Crippen LogP contribution is -2.46. The second-order valence-corrected chi connectivity index (χ2v) is 6.90. The summed E-state index contributed by atoms with van der Waals surface area (Å²) >= 11 is 0.